The number of carbonyl (C=O) groups excluding carboxylic acids is 1. The molecule has 0 spiro atoms. The average Bonchev–Trinajstić information content (AvgIpc) is 2.69. The summed E-state index contributed by atoms with van der Waals surface area (Å²) in [4.78, 5) is 15.8. The quantitative estimate of drug-likeness (QED) is 0.475. The topological polar surface area (TPSA) is 43.6 Å². The molecule has 84 valence electrons. The molecule has 0 radical (unpaired) electrons. The number of esters is 1. The first kappa shape index (κ1) is 11.7. The van der Waals surface area contributed by atoms with Crippen molar-refractivity contribution in [3.63, 3.8) is 0 Å². The Morgan fingerprint density at radius 2 is 2.38 bits per heavy atom. The highest BCUT2D eigenvalue weighted by molar-refractivity contribution is 14.1. The lowest BCUT2D eigenvalue weighted by molar-refractivity contribution is 0.0518. The van der Waals surface area contributed by atoms with Crippen molar-refractivity contribution >= 4 is 45.8 Å². The van der Waals surface area contributed by atoms with Gasteiger partial charge in [0.15, 0.2) is 11.3 Å². The number of hydrogen-bond donors (Lipinski definition) is 0. The van der Waals surface area contributed by atoms with Gasteiger partial charge in [0.05, 0.1) is 16.4 Å². The van der Waals surface area contributed by atoms with Gasteiger partial charge < -0.3 is 4.74 Å². The molecule has 16 heavy (non-hydrogen) atoms. The van der Waals surface area contributed by atoms with E-state index in [9.17, 15) is 4.79 Å². The van der Waals surface area contributed by atoms with Gasteiger partial charge in [0, 0.05) is 0 Å². The summed E-state index contributed by atoms with van der Waals surface area (Å²) in [7, 11) is 0. The number of nitrogens with zero attached hydrogens (tertiary/aromatic N) is 2. The zero-order chi connectivity index (χ0) is 11.7. The third-order valence-corrected chi connectivity index (χ3v) is 3.18. The maximum Gasteiger partial charge on any atom is 0.357 e. The minimum absolute atomic E-state index is 0.327. The fraction of sp³-hybridized carbons (Fsp3) is 0.200. The summed E-state index contributed by atoms with van der Waals surface area (Å²) in [5, 5.41) is 0.441. The van der Waals surface area contributed by atoms with Crippen LogP contribution in [0.3, 0.4) is 0 Å². The van der Waals surface area contributed by atoms with Gasteiger partial charge in [-0.15, -0.1) is 0 Å². The predicted octanol–water partition coefficient (Wildman–Crippen LogP) is 2.77. The third kappa shape index (κ3) is 1.89. The maximum absolute atomic E-state index is 11.6. The van der Waals surface area contributed by atoms with Crippen LogP contribution < -0.4 is 0 Å². The average molecular weight is 351 g/mol. The Morgan fingerprint density at radius 3 is 3.06 bits per heavy atom. The van der Waals surface area contributed by atoms with Gasteiger partial charge >= 0.3 is 5.97 Å². The van der Waals surface area contributed by atoms with Crippen molar-refractivity contribution in [2.45, 2.75) is 6.92 Å². The summed E-state index contributed by atoms with van der Waals surface area (Å²) in [5.74, 6) is -0.418. The van der Waals surface area contributed by atoms with Crippen LogP contribution in [0.1, 0.15) is 17.4 Å². The fourth-order valence-electron chi connectivity index (χ4n) is 1.38. The first-order valence-corrected chi connectivity index (χ1v) is 6.09. The van der Waals surface area contributed by atoms with Crippen molar-refractivity contribution in [2.75, 3.05) is 6.61 Å². The molecule has 0 saturated carbocycles. The van der Waals surface area contributed by atoms with Crippen molar-refractivity contribution in [2.24, 2.45) is 0 Å². The summed E-state index contributed by atoms with van der Waals surface area (Å²) in [6, 6.07) is 3.57. The highest BCUT2D eigenvalue weighted by Crippen LogP contribution is 2.20. The van der Waals surface area contributed by atoms with E-state index in [1.807, 2.05) is 6.07 Å². The number of hydrogen-bond acceptors (Lipinski definition) is 3. The minimum atomic E-state index is -0.418. The van der Waals surface area contributed by atoms with E-state index < -0.39 is 5.97 Å². The molecule has 0 aliphatic heterocycles. The van der Waals surface area contributed by atoms with Crippen LogP contribution in [0.4, 0.5) is 0 Å². The number of fused-ring (bicyclic) bond motifs is 1. The standard InChI is InChI=1S/C10H8ClIN2O2/c1-2-16-10(15)7-5-13-9-6(12)3-4-8(11)14(7)9/h3-5H,2H2,1H3. The molecule has 0 N–H and O–H groups in total. The Balaban J connectivity index is 2.64. The first-order chi connectivity index (χ1) is 7.65. The molecule has 2 heterocycles. The van der Waals surface area contributed by atoms with Crippen molar-refractivity contribution in [3.8, 4) is 0 Å². The number of carbonyl (C=O) groups is 1. The highest BCUT2D eigenvalue weighted by atomic mass is 127. The van der Waals surface area contributed by atoms with E-state index in [0.29, 0.717) is 23.1 Å². The van der Waals surface area contributed by atoms with Gasteiger partial charge in [-0.05, 0) is 41.6 Å². The number of rotatable bonds is 2. The highest BCUT2D eigenvalue weighted by Gasteiger charge is 2.16. The van der Waals surface area contributed by atoms with Crippen LogP contribution in [0, 0.1) is 3.57 Å². The van der Waals surface area contributed by atoms with E-state index in [1.165, 1.54) is 6.20 Å². The summed E-state index contributed by atoms with van der Waals surface area (Å²) in [5.41, 5.74) is 1.01. The van der Waals surface area contributed by atoms with Gasteiger partial charge in [0.25, 0.3) is 0 Å². The zero-order valence-corrected chi connectivity index (χ0v) is 11.3. The number of imidazole rings is 1. The van der Waals surface area contributed by atoms with Gasteiger partial charge in [0.1, 0.15) is 5.15 Å². The first-order valence-electron chi connectivity index (χ1n) is 4.63. The van der Waals surface area contributed by atoms with Crippen LogP contribution in [-0.4, -0.2) is 22.0 Å². The number of aromatic nitrogens is 2. The molecule has 0 saturated heterocycles. The Kier molecular flexibility index (Phi) is 3.34. The van der Waals surface area contributed by atoms with E-state index in [4.69, 9.17) is 16.3 Å². The van der Waals surface area contributed by atoms with Crippen molar-refractivity contribution in [1.29, 1.82) is 0 Å². The molecular weight excluding hydrogens is 342 g/mol. The van der Waals surface area contributed by atoms with Gasteiger partial charge in [-0.25, -0.2) is 9.78 Å². The fourth-order valence-corrected chi connectivity index (χ4v) is 2.17. The van der Waals surface area contributed by atoms with Gasteiger partial charge in [0.2, 0.25) is 0 Å². The van der Waals surface area contributed by atoms with Crippen LogP contribution in [0.2, 0.25) is 5.15 Å². The summed E-state index contributed by atoms with van der Waals surface area (Å²) >= 11 is 8.17. The van der Waals surface area contributed by atoms with Crippen LogP contribution >= 0.6 is 34.2 Å². The molecule has 0 atom stereocenters. The molecule has 0 bridgehead atoms. The summed E-state index contributed by atoms with van der Waals surface area (Å²) < 4.78 is 7.44. The molecule has 0 unspecified atom stereocenters. The predicted molar refractivity (Wildman–Crippen MR) is 68.9 cm³/mol. The lowest BCUT2D eigenvalue weighted by atomic mass is 10.4. The van der Waals surface area contributed by atoms with E-state index in [1.54, 1.807) is 17.4 Å². The second-order valence-corrected chi connectivity index (χ2v) is 4.58. The second kappa shape index (κ2) is 4.58. The van der Waals surface area contributed by atoms with Crippen LogP contribution in [0.25, 0.3) is 5.65 Å². The van der Waals surface area contributed by atoms with Crippen molar-refractivity contribution < 1.29 is 9.53 Å². The molecule has 0 fully saturated rings. The molecule has 6 heteroatoms. The minimum Gasteiger partial charge on any atom is -0.461 e. The smallest absolute Gasteiger partial charge is 0.357 e. The molecular formula is C10H8ClIN2O2. The van der Waals surface area contributed by atoms with Gasteiger partial charge in [-0.2, -0.15) is 0 Å². The lowest BCUT2D eigenvalue weighted by Gasteiger charge is -2.04. The maximum atomic E-state index is 11.6. The molecule has 2 rings (SSSR count). The molecule has 0 aliphatic rings. The largest absolute Gasteiger partial charge is 0.461 e. The van der Waals surface area contributed by atoms with Gasteiger partial charge in [-0.1, -0.05) is 11.6 Å². The molecule has 2 aromatic heterocycles. The normalized spacial score (nSPS) is 10.7. The van der Waals surface area contributed by atoms with Crippen molar-refractivity contribution in [1.82, 2.24) is 9.38 Å². The van der Waals surface area contributed by atoms with Crippen LogP contribution in [0.15, 0.2) is 18.3 Å². The van der Waals surface area contributed by atoms with E-state index in [-0.39, 0.29) is 0 Å². The Morgan fingerprint density at radius 1 is 1.62 bits per heavy atom. The van der Waals surface area contributed by atoms with Gasteiger partial charge in [-0.3, -0.25) is 4.40 Å². The van der Waals surface area contributed by atoms with E-state index >= 15 is 0 Å². The number of halogens is 2. The van der Waals surface area contributed by atoms with Crippen LogP contribution in [0.5, 0.6) is 0 Å². The molecule has 0 aliphatic carbocycles. The van der Waals surface area contributed by atoms with E-state index in [2.05, 4.69) is 27.6 Å². The summed E-state index contributed by atoms with van der Waals surface area (Å²) in [6.07, 6.45) is 1.47. The second-order valence-electron chi connectivity index (χ2n) is 3.03. The number of pyridine rings is 1. The SMILES string of the molecule is CCOC(=O)c1cnc2c(I)ccc(Cl)n12. The molecule has 4 nitrogen and oxygen atoms in total. The Labute approximate surface area is 111 Å². The summed E-state index contributed by atoms with van der Waals surface area (Å²) in [6.45, 7) is 2.08. The van der Waals surface area contributed by atoms with E-state index in [0.717, 1.165) is 3.57 Å². The van der Waals surface area contributed by atoms with Crippen LogP contribution in [-0.2, 0) is 4.74 Å². The van der Waals surface area contributed by atoms with Crippen molar-refractivity contribution in [3.05, 3.63) is 32.7 Å². The monoisotopic (exact) mass is 350 g/mol. The molecule has 0 aromatic carbocycles. The molecule has 2 aromatic rings. The lowest BCUT2D eigenvalue weighted by Crippen LogP contribution is -2.08. The zero-order valence-electron chi connectivity index (χ0n) is 8.41. The molecule has 0 amide bonds. The Bertz CT molecular complexity index is 553. The number of ether oxygens (including phenoxy) is 1. The third-order valence-electron chi connectivity index (χ3n) is 2.04. The Hall–Kier alpha value is -0.820.